The van der Waals surface area contributed by atoms with Crippen molar-refractivity contribution in [1.29, 1.82) is 5.26 Å². The topological polar surface area (TPSA) is 132 Å². The van der Waals surface area contributed by atoms with Crippen LogP contribution in [0.25, 0.3) is 10.8 Å². The highest BCUT2D eigenvalue weighted by atomic mass is 16.6. The van der Waals surface area contributed by atoms with E-state index in [0.29, 0.717) is 11.3 Å². The van der Waals surface area contributed by atoms with Crippen molar-refractivity contribution < 1.29 is 24.2 Å². The number of benzene rings is 3. The van der Waals surface area contributed by atoms with Crippen molar-refractivity contribution in [2.45, 2.75) is 39.3 Å². The lowest BCUT2D eigenvalue weighted by Crippen LogP contribution is -2.46. The van der Waals surface area contributed by atoms with Gasteiger partial charge in [0, 0.05) is 11.3 Å². The quantitative estimate of drug-likeness (QED) is 0.410. The van der Waals surface area contributed by atoms with Crippen LogP contribution in [0.2, 0.25) is 0 Å². The summed E-state index contributed by atoms with van der Waals surface area (Å²) >= 11 is 0. The number of aryl methyl sites for hydroxylation is 1. The van der Waals surface area contributed by atoms with Crippen LogP contribution in [0.15, 0.2) is 60.7 Å². The van der Waals surface area contributed by atoms with Crippen molar-refractivity contribution in [3.63, 3.8) is 0 Å². The normalized spacial score (nSPS) is 11.8. The molecule has 0 heterocycles. The first-order valence-electron chi connectivity index (χ1n) is 11.7. The highest BCUT2D eigenvalue weighted by molar-refractivity contribution is 6.00. The molecule has 3 aromatic rings. The van der Waals surface area contributed by atoms with Gasteiger partial charge >= 0.3 is 6.09 Å². The Morgan fingerprint density at radius 3 is 2.43 bits per heavy atom. The number of ether oxygens (including phenoxy) is 1. The SMILES string of the molecule is Cc1cccc(C(C(=O)Nc2ccc3ccccc3c2)N(CC#N)C(=O)CNC(=O)OC(C)(C)C)c1O. The molecule has 3 aromatic carbocycles. The van der Waals surface area contributed by atoms with Gasteiger partial charge in [-0.15, -0.1) is 0 Å². The Morgan fingerprint density at radius 1 is 1.05 bits per heavy atom. The van der Waals surface area contributed by atoms with Gasteiger partial charge in [-0.2, -0.15) is 5.26 Å². The number of carbonyl (C=O) groups excluding carboxylic acids is 3. The van der Waals surface area contributed by atoms with Gasteiger partial charge in [0.05, 0.1) is 6.07 Å². The van der Waals surface area contributed by atoms with Gasteiger partial charge in [-0.05, 0) is 56.2 Å². The fourth-order valence-electron chi connectivity index (χ4n) is 3.79. The molecule has 0 saturated heterocycles. The molecule has 3 amide bonds. The van der Waals surface area contributed by atoms with E-state index in [1.165, 1.54) is 6.07 Å². The highest BCUT2D eigenvalue weighted by Gasteiger charge is 2.34. The minimum Gasteiger partial charge on any atom is -0.507 e. The average molecular weight is 503 g/mol. The third kappa shape index (κ3) is 6.98. The van der Waals surface area contributed by atoms with Crippen LogP contribution in [-0.2, 0) is 14.3 Å². The molecule has 0 aliphatic carbocycles. The number of nitriles is 1. The third-order valence-corrected chi connectivity index (χ3v) is 5.48. The molecule has 1 unspecified atom stereocenters. The minimum absolute atomic E-state index is 0.152. The second-order valence-electron chi connectivity index (χ2n) is 9.50. The Bertz CT molecular complexity index is 1360. The number of aromatic hydroxyl groups is 1. The number of phenols is 1. The van der Waals surface area contributed by atoms with Gasteiger partial charge in [-0.3, -0.25) is 9.59 Å². The molecular weight excluding hydrogens is 472 g/mol. The van der Waals surface area contributed by atoms with E-state index in [2.05, 4.69) is 10.6 Å². The Labute approximate surface area is 215 Å². The molecule has 3 N–H and O–H groups in total. The molecule has 3 rings (SSSR count). The maximum atomic E-state index is 13.6. The predicted molar refractivity (Wildman–Crippen MR) is 140 cm³/mol. The molecule has 0 aliphatic heterocycles. The van der Waals surface area contributed by atoms with Gasteiger partial charge in [0.25, 0.3) is 5.91 Å². The van der Waals surface area contributed by atoms with Crippen LogP contribution in [0, 0.1) is 18.3 Å². The lowest BCUT2D eigenvalue weighted by atomic mass is 9.99. The first kappa shape index (κ1) is 27.0. The van der Waals surface area contributed by atoms with E-state index in [1.54, 1.807) is 52.0 Å². The largest absolute Gasteiger partial charge is 0.507 e. The van der Waals surface area contributed by atoms with E-state index < -0.39 is 42.6 Å². The monoisotopic (exact) mass is 502 g/mol. The van der Waals surface area contributed by atoms with Crippen molar-refractivity contribution in [2.75, 3.05) is 18.4 Å². The number of nitrogens with zero attached hydrogens (tertiary/aromatic N) is 2. The van der Waals surface area contributed by atoms with E-state index in [0.717, 1.165) is 15.7 Å². The van der Waals surface area contributed by atoms with Crippen molar-refractivity contribution >= 4 is 34.4 Å². The van der Waals surface area contributed by atoms with Gasteiger partial charge in [-0.1, -0.05) is 48.5 Å². The van der Waals surface area contributed by atoms with Crippen molar-refractivity contribution in [3.05, 3.63) is 71.8 Å². The molecular formula is C28H30N4O5. The number of anilines is 1. The smallest absolute Gasteiger partial charge is 0.408 e. The van der Waals surface area contributed by atoms with E-state index in [-0.39, 0.29) is 11.3 Å². The average Bonchev–Trinajstić information content (AvgIpc) is 2.83. The first-order chi connectivity index (χ1) is 17.5. The van der Waals surface area contributed by atoms with Crippen LogP contribution in [0.1, 0.15) is 37.9 Å². The van der Waals surface area contributed by atoms with Crippen molar-refractivity contribution in [3.8, 4) is 11.8 Å². The van der Waals surface area contributed by atoms with Crippen LogP contribution in [0.5, 0.6) is 5.75 Å². The Hall–Kier alpha value is -4.58. The van der Waals surface area contributed by atoms with Crippen LogP contribution in [0.4, 0.5) is 10.5 Å². The molecule has 0 aliphatic rings. The van der Waals surface area contributed by atoms with E-state index in [1.807, 2.05) is 36.4 Å². The molecule has 1 atom stereocenters. The summed E-state index contributed by atoms with van der Waals surface area (Å²) < 4.78 is 5.16. The fourth-order valence-corrected chi connectivity index (χ4v) is 3.79. The number of hydrogen-bond acceptors (Lipinski definition) is 6. The summed E-state index contributed by atoms with van der Waals surface area (Å²) in [6.07, 6.45) is -0.812. The van der Waals surface area contributed by atoms with Crippen molar-refractivity contribution in [2.24, 2.45) is 0 Å². The summed E-state index contributed by atoms with van der Waals surface area (Å²) in [5.74, 6) is -1.50. The molecule has 0 fully saturated rings. The maximum absolute atomic E-state index is 13.6. The van der Waals surface area contributed by atoms with Crippen molar-refractivity contribution in [1.82, 2.24) is 10.2 Å². The second-order valence-corrected chi connectivity index (χ2v) is 9.50. The van der Waals surface area contributed by atoms with Gasteiger partial charge in [0.1, 0.15) is 30.5 Å². The first-order valence-corrected chi connectivity index (χ1v) is 11.7. The number of para-hydroxylation sites is 1. The Morgan fingerprint density at radius 2 is 1.76 bits per heavy atom. The molecule has 192 valence electrons. The number of fused-ring (bicyclic) bond motifs is 1. The lowest BCUT2D eigenvalue weighted by molar-refractivity contribution is -0.137. The summed E-state index contributed by atoms with van der Waals surface area (Å²) in [5, 5.41) is 27.3. The number of hydrogen-bond donors (Lipinski definition) is 3. The van der Waals surface area contributed by atoms with Gasteiger partial charge in [-0.25, -0.2) is 4.79 Å². The summed E-state index contributed by atoms with van der Waals surface area (Å²) in [5.41, 5.74) is 0.364. The fraction of sp³-hybridized carbons (Fsp3) is 0.286. The Balaban J connectivity index is 1.94. The van der Waals surface area contributed by atoms with E-state index in [4.69, 9.17) is 4.74 Å². The van der Waals surface area contributed by atoms with Crippen LogP contribution in [0.3, 0.4) is 0 Å². The molecule has 9 heteroatoms. The zero-order valence-electron chi connectivity index (χ0n) is 21.2. The molecule has 0 bridgehead atoms. The van der Waals surface area contributed by atoms with Crippen LogP contribution < -0.4 is 10.6 Å². The standard InChI is InChI=1S/C28H30N4O5/c1-18-8-7-11-22(25(18)34)24(26(35)31-21-13-12-19-9-5-6-10-20(19)16-21)32(15-14-29)23(33)17-30-27(36)37-28(2,3)4/h5-13,16,24,34H,15,17H2,1-4H3,(H,30,36)(H,31,35). The number of alkyl carbamates (subject to hydrolysis) is 1. The molecule has 0 saturated carbocycles. The van der Waals surface area contributed by atoms with Gasteiger partial charge in [0.15, 0.2) is 0 Å². The molecule has 37 heavy (non-hydrogen) atoms. The number of phenolic OH excluding ortho intramolecular Hbond substituents is 1. The van der Waals surface area contributed by atoms with E-state index >= 15 is 0 Å². The minimum atomic E-state index is -1.35. The summed E-state index contributed by atoms with van der Waals surface area (Å²) in [4.78, 5) is 39.9. The maximum Gasteiger partial charge on any atom is 0.408 e. The molecule has 9 nitrogen and oxygen atoms in total. The second kappa shape index (κ2) is 11.4. The Kier molecular flexibility index (Phi) is 8.35. The lowest BCUT2D eigenvalue weighted by Gasteiger charge is -2.30. The highest BCUT2D eigenvalue weighted by Crippen LogP contribution is 2.33. The van der Waals surface area contributed by atoms with Gasteiger partial charge < -0.3 is 25.4 Å². The number of amides is 3. The summed E-state index contributed by atoms with van der Waals surface area (Å²) in [7, 11) is 0. The number of carbonyl (C=O) groups is 3. The molecule has 0 radical (unpaired) electrons. The summed E-state index contributed by atoms with van der Waals surface area (Å²) in [6.45, 7) is 5.75. The zero-order chi connectivity index (χ0) is 27.2. The van der Waals surface area contributed by atoms with Crippen LogP contribution in [-0.4, -0.2) is 46.6 Å². The molecule has 0 spiro atoms. The van der Waals surface area contributed by atoms with Crippen LogP contribution >= 0.6 is 0 Å². The number of nitrogens with one attached hydrogen (secondary N) is 2. The predicted octanol–water partition coefficient (Wildman–Crippen LogP) is 4.41. The van der Waals surface area contributed by atoms with Gasteiger partial charge in [0.2, 0.25) is 5.91 Å². The third-order valence-electron chi connectivity index (χ3n) is 5.48. The summed E-state index contributed by atoms with van der Waals surface area (Å²) in [6, 6.07) is 18.4. The number of rotatable bonds is 7. The van der Waals surface area contributed by atoms with E-state index in [9.17, 15) is 24.8 Å². The molecule has 0 aromatic heterocycles. The zero-order valence-corrected chi connectivity index (χ0v) is 21.2.